The molecule has 2 bridgehead atoms. The third kappa shape index (κ3) is 1.77. The van der Waals surface area contributed by atoms with Crippen LogP contribution in [0.25, 0.3) is 0 Å². The Labute approximate surface area is 148 Å². The highest BCUT2D eigenvalue weighted by Gasteiger charge is 2.78. The van der Waals surface area contributed by atoms with E-state index in [4.69, 9.17) is 4.74 Å². The SMILES string of the molecule is C=CC1(C)C=C2C(O)C3OC(=O)C4(CCCC(C)(C)C34)C2(O)CC1O. The number of ether oxygens (including phenoxy) is 1. The number of hydrogen-bond acceptors (Lipinski definition) is 5. The fraction of sp³-hybridized carbons (Fsp3) is 0.750. The topological polar surface area (TPSA) is 87.0 Å². The molecular weight excluding hydrogens is 320 g/mol. The van der Waals surface area contributed by atoms with Gasteiger partial charge in [0.25, 0.3) is 0 Å². The normalized spacial score (nSPS) is 53.4. The summed E-state index contributed by atoms with van der Waals surface area (Å²) in [5.41, 5.74) is -3.24. The summed E-state index contributed by atoms with van der Waals surface area (Å²) in [5.74, 6) is -0.687. The average molecular weight is 348 g/mol. The quantitative estimate of drug-likeness (QED) is 0.496. The molecule has 7 unspecified atom stereocenters. The Morgan fingerprint density at radius 3 is 2.60 bits per heavy atom. The van der Waals surface area contributed by atoms with E-state index in [-0.39, 0.29) is 17.8 Å². The summed E-state index contributed by atoms with van der Waals surface area (Å²) in [6, 6.07) is 0. The molecule has 0 spiro atoms. The molecule has 0 aromatic heterocycles. The second-order valence-electron chi connectivity index (χ2n) is 9.36. The van der Waals surface area contributed by atoms with Crippen LogP contribution in [0.2, 0.25) is 0 Å². The molecule has 5 heteroatoms. The summed E-state index contributed by atoms with van der Waals surface area (Å²) in [6.07, 6.45) is 3.03. The molecule has 3 aliphatic carbocycles. The van der Waals surface area contributed by atoms with Crippen molar-refractivity contribution in [2.45, 2.75) is 70.4 Å². The van der Waals surface area contributed by atoms with Crippen molar-refractivity contribution in [3.05, 3.63) is 24.3 Å². The van der Waals surface area contributed by atoms with Crippen molar-refractivity contribution in [2.75, 3.05) is 0 Å². The monoisotopic (exact) mass is 348 g/mol. The molecule has 5 nitrogen and oxygen atoms in total. The number of rotatable bonds is 1. The van der Waals surface area contributed by atoms with E-state index in [0.717, 1.165) is 12.8 Å². The second-order valence-corrected chi connectivity index (χ2v) is 9.36. The van der Waals surface area contributed by atoms with Crippen molar-refractivity contribution in [1.82, 2.24) is 0 Å². The Bertz CT molecular complexity index is 682. The molecule has 3 N–H and O–H groups in total. The van der Waals surface area contributed by atoms with Gasteiger partial charge in [-0.3, -0.25) is 4.79 Å². The van der Waals surface area contributed by atoms with Crippen LogP contribution in [0.15, 0.2) is 24.3 Å². The van der Waals surface area contributed by atoms with Gasteiger partial charge in [-0.2, -0.15) is 0 Å². The van der Waals surface area contributed by atoms with Crippen LogP contribution in [0, 0.1) is 22.2 Å². The molecule has 0 amide bonds. The van der Waals surface area contributed by atoms with E-state index in [9.17, 15) is 20.1 Å². The van der Waals surface area contributed by atoms with E-state index in [1.807, 2.05) is 6.92 Å². The first-order valence-electron chi connectivity index (χ1n) is 9.20. The lowest BCUT2D eigenvalue weighted by Gasteiger charge is -2.61. The predicted molar refractivity (Wildman–Crippen MR) is 91.4 cm³/mol. The summed E-state index contributed by atoms with van der Waals surface area (Å²) in [4.78, 5) is 13.0. The van der Waals surface area contributed by atoms with Crippen molar-refractivity contribution in [3.63, 3.8) is 0 Å². The summed E-state index contributed by atoms with van der Waals surface area (Å²) < 4.78 is 5.67. The maximum absolute atomic E-state index is 13.0. The van der Waals surface area contributed by atoms with Crippen LogP contribution in [0.3, 0.4) is 0 Å². The molecule has 1 aliphatic heterocycles. The highest BCUT2D eigenvalue weighted by atomic mass is 16.6. The zero-order chi connectivity index (χ0) is 18.4. The van der Waals surface area contributed by atoms with Gasteiger partial charge in [0.15, 0.2) is 0 Å². The van der Waals surface area contributed by atoms with E-state index < -0.39 is 40.7 Å². The molecule has 1 saturated heterocycles. The van der Waals surface area contributed by atoms with Gasteiger partial charge in [0.2, 0.25) is 0 Å². The second kappa shape index (κ2) is 4.76. The van der Waals surface area contributed by atoms with E-state index in [1.165, 1.54) is 0 Å². The van der Waals surface area contributed by atoms with Crippen LogP contribution >= 0.6 is 0 Å². The van der Waals surface area contributed by atoms with Gasteiger partial charge in [0, 0.05) is 17.8 Å². The Balaban J connectivity index is 1.98. The van der Waals surface area contributed by atoms with Crippen molar-refractivity contribution < 1.29 is 24.9 Å². The zero-order valence-electron chi connectivity index (χ0n) is 15.2. The molecule has 1 heterocycles. The Morgan fingerprint density at radius 2 is 1.96 bits per heavy atom. The zero-order valence-corrected chi connectivity index (χ0v) is 15.2. The minimum absolute atomic E-state index is 0.00676. The van der Waals surface area contributed by atoms with Crippen LogP contribution in [0.1, 0.15) is 46.5 Å². The standard InChI is InChI=1S/C20H28O5/c1-5-18(4)9-11-13(22)14-15-17(2,3)7-6-8-19(15,16(23)25-14)20(11,24)10-12(18)21/h5,9,12-15,21-22,24H,1,6-8,10H2,2-4H3. The molecule has 2 saturated carbocycles. The van der Waals surface area contributed by atoms with E-state index >= 15 is 0 Å². The lowest BCUT2D eigenvalue weighted by Crippen LogP contribution is -2.69. The lowest BCUT2D eigenvalue weighted by molar-refractivity contribution is -0.190. The maximum atomic E-state index is 13.0. The Kier molecular flexibility index (Phi) is 3.28. The minimum atomic E-state index is -1.58. The highest BCUT2D eigenvalue weighted by Crippen LogP contribution is 2.69. The van der Waals surface area contributed by atoms with E-state index in [2.05, 4.69) is 20.4 Å². The first-order valence-corrected chi connectivity index (χ1v) is 9.20. The highest BCUT2D eigenvalue weighted by molar-refractivity contribution is 5.84. The molecule has 7 atom stereocenters. The van der Waals surface area contributed by atoms with Crippen molar-refractivity contribution >= 4 is 5.97 Å². The first kappa shape index (κ1) is 17.3. The lowest BCUT2D eigenvalue weighted by atomic mass is 9.42. The van der Waals surface area contributed by atoms with Gasteiger partial charge in [-0.25, -0.2) is 0 Å². The van der Waals surface area contributed by atoms with Gasteiger partial charge in [0.1, 0.15) is 23.2 Å². The average Bonchev–Trinajstić information content (AvgIpc) is 2.83. The minimum Gasteiger partial charge on any atom is -0.458 e. The molecule has 0 radical (unpaired) electrons. The number of hydrogen-bond donors (Lipinski definition) is 3. The fourth-order valence-electron chi connectivity index (χ4n) is 6.24. The van der Waals surface area contributed by atoms with Crippen LogP contribution in [-0.2, 0) is 9.53 Å². The first-order chi connectivity index (χ1) is 11.5. The summed E-state index contributed by atoms with van der Waals surface area (Å²) in [7, 11) is 0. The third-order valence-electron chi connectivity index (χ3n) is 7.66. The number of aliphatic hydroxyl groups excluding tert-OH is 2. The van der Waals surface area contributed by atoms with Crippen LogP contribution < -0.4 is 0 Å². The largest absolute Gasteiger partial charge is 0.458 e. The maximum Gasteiger partial charge on any atom is 0.316 e. The number of esters is 1. The molecule has 138 valence electrons. The molecule has 0 aromatic carbocycles. The van der Waals surface area contributed by atoms with Gasteiger partial charge < -0.3 is 20.1 Å². The van der Waals surface area contributed by atoms with E-state index in [0.29, 0.717) is 12.0 Å². The fourth-order valence-corrected chi connectivity index (χ4v) is 6.24. The summed E-state index contributed by atoms with van der Waals surface area (Å²) in [5, 5.41) is 33.6. The number of fused-ring (bicyclic) bond motifs is 1. The molecule has 4 aliphatic rings. The Morgan fingerprint density at radius 1 is 1.28 bits per heavy atom. The van der Waals surface area contributed by atoms with Crippen LogP contribution in [0.5, 0.6) is 0 Å². The van der Waals surface area contributed by atoms with E-state index in [1.54, 1.807) is 12.2 Å². The Hall–Kier alpha value is -1.17. The number of carbonyl (C=O) groups is 1. The van der Waals surface area contributed by atoms with Gasteiger partial charge in [-0.15, -0.1) is 6.58 Å². The number of carbonyl (C=O) groups excluding carboxylic acids is 1. The molecular formula is C20H28O5. The third-order valence-corrected chi connectivity index (χ3v) is 7.66. The summed E-state index contributed by atoms with van der Waals surface area (Å²) in [6.45, 7) is 9.78. The van der Waals surface area contributed by atoms with Crippen molar-refractivity contribution in [2.24, 2.45) is 22.2 Å². The van der Waals surface area contributed by atoms with Crippen molar-refractivity contribution in [3.8, 4) is 0 Å². The van der Waals surface area contributed by atoms with Crippen LogP contribution in [0.4, 0.5) is 0 Å². The smallest absolute Gasteiger partial charge is 0.316 e. The van der Waals surface area contributed by atoms with Gasteiger partial charge in [-0.1, -0.05) is 39.3 Å². The van der Waals surface area contributed by atoms with Crippen molar-refractivity contribution in [1.29, 1.82) is 0 Å². The molecule has 4 rings (SSSR count). The molecule has 3 fully saturated rings. The summed E-state index contributed by atoms with van der Waals surface area (Å²) >= 11 is 0. The van der Waals surface area contributed by atoms with Gasteiger partial charge in [-0.05, 0) is 23.8 Å². The number of aliphatic hydroxyl groups is 3. The van der Waals surface area contributed by atoms with Gasteiger partial charge in [0.05, 0.1) is 6.10 Å². The molecule has 0 aromatic rings. The molecule has 25 heavy (non-hydrogen) atoms. The van der Waals surface area contributed by atoms with Gasteiger partial charge >= 0.3 is 5.97 Å². The predicted octanol–water partition coefficient (Wildman–Crippen LogP) is 1.71. The van der Waals surface area contributed by atoms with Crippen LogP contribution in [-0.4, -0.2) is 45.2 Å².